The molecule has 5 nitrogen and oxygen atoms in total. The van der Waals surface area contributed by atoms with Gasteiger partial charge in [-0.25, -0.2) is 0 Å². The molecular weight excluding hydrogens is 529 g/mol. The van der Waals surface area contributed by atoms with Crippen LogP contribution in [0, 0.1) is 0 Å². The molecule has 4 atom stereocenters. The Kier molecular flexibility index (Phi) is 14.9. The van der Waals surface area contributed by atoms with Gasteiger partial charge in [-0.05, 0) is 45.6 Å². The van der Waals surface area contributed by atoms with Gasteiger partial charge in [0.15, 0.2) is 5.78 Å². The van der Waals surface area contributed by atoms with Crippen LogP contribution in [0.25, 0.3) is 0 Å². The zero-order valence-electron chi connectivity index (χ0n) is 19.9. The van der Waals surface area contributed by atoms with Crippen LogP contribution in [0.4, 0.5) is 0 Å². The summed E-state index contributed by atoms with van der Waals surface area (Å²) in [5.41, 5.74) is 1.68. The van der Waals surface area contributed by atoms with E-state index >= 15 is 0 Å². The summed E-state index contributed by atoms with van der Waals surface area (Å²) in [7, 11) is 0. The van der Waals surface area contributed by atoms with E-state index < -0.39 is 12.2 Å². The molecule has 0 saturated heterocycles. The van der Waals surface area contributed by atoms with Gasteiger partial charge in [-0.2, -0.15) is 0 Å². The molecule has 0 spiro atoms. The zero-order valence-corrected chi connectivity index (χ0v) is 22.1. The molecule has 33 heavy (non-hydrogen) atoms. The van der Waals surface area contributed by atoms with Crippen LogP contribution in [0.2, 0.25) is 0 Å². The molecule has 0 aromatic carbocycles. The number of hydrogen-bond donors (Lipinski definition) is 3. The fourth-order valence-electron chi connectivity index (χ4n) is 3.20. The van der Waals surface area contributed by atoms with E-state index in [0.717, 1.165) is 43.3 Å². The summed E-state index contributed by atoms with van der Waals surface area (Å²) in [6.45, 7) is 5.85. The lowest BCUT2D eigenvalue weighted by atomic mass is 10.0. The maximum Gasteiger partial charge on any atom is 0.244 e. The molecule has 0 radical (unpaired) electrons. The quantitative estimate of drug-likeness (QED) is 0.252. The molecule has 1 amide bonds. The number of allylic oxidation sites excluding steroid dienone is 9. The van der Waals surface area contributed by atoms with Crippen molar-refractivity contribution in [2.75, 3.05) is 0 Å². The van der Waals surface area contributed by atoms with Crippen LogP contribution >= 0.6 is 22.6 Å². The predicted octanol–water partition coefficient (Wildman–Crippen LogP) is 5.06. The highest BCUT2D eigenvalue weighted by Gasteiger charge is 2.17. The van der Waals surface area contributed by atoms with E-state index in [2.05, 4.69) is 53.1 Å². The summed E-state index contributed by atoms with van der Waals surface area (Å²) in [6.07, 6.45) is 19.8. The van der Waals surface area contributed by atoms with Crippen molar-refractivity contribution < 1.29 is 19.8 Å². The van der Waals surface area contributed by atoms with E-state index in [4.69, 9.17) is 0 Å². The van der Waals surface area contributed by atoms with Crippen LogP contribution in [-0.2, 0) is 9.59 Å². The lowest BCUT2D eigenvalue weighted by Gasteiger charge is -2.19. The zero-order chi connectivity index (χ0) is 24.6. The Morgan fingerprint density at radius 1 is 1.06 bits per heavy atom. The Morgan fingerprint density at radius 2 is 1.79 bits per heavy atom. The van der Waals surface area contributed by atoms with E-state index in [0.29, 0.717) is 3.92 Å². The summed E-state index contributed by atoms with van der Waals surface area (Å²) in [5, 5.41) is 23.4. The minimum atomic E-state index is -1.18. The van der Waals surface area contributed by atoms with Gasteiger partial charge in [0.2, 0.25) is 5.91 Å². The molecule has 1 rings (SSSR count). The van der Waals surface area contributed by atoms with Crippen molar-refractivity contribution in [3.63, 3.8) is 0 Å². The second kappa shape index (κ2) is 16.8. The number of nitrogens with one attached hydrogen (secondary N) is 1. The van der Waals surface area contributed by atoms with E-state index in [-0.39, 0.29) is 24.2 Å². The Balaban J connectivity index is 3.06. The molecule has 0 saturated carbocycles. The number of aliphatic hydroxyl groups excluding tert-OH is 2. The van der Waals surface area contributed by atoms with Gasteiger partial charge in [-0.3, -0.25) is 9.59 Å². The number of carbonyl (C=O) groups is 2. The van der Waals surface area contributed by atoms with Crippen molar-refractivity contribution in [3.8, 4) is 0 Å². The maximum atomic E-state index is 12.4. The molecule has 0 aromatic heterocycles. The molecule has 0 aliphatic carbocycles. The fraction of sp³-hybridized carbons (Fsp3) is 0.481. The number of carbonyl (C=O) groups excluding carboxylic acids is 2. The van der Waals surface area contributed by atoms with Crippen LogP contribution in [-0.4, -0.2) is 44.1 Å². The third-order valence-corrected chi connectivity index (χ3v) is 6.13. The summed E-state index contributed by atoms with van der Waals surface area (Å²) < 4.78 is 0.325. The highest BCUT2D eigenvalue weighted by molar-refractivity contribution is 14.1. The molecular formula is C27H38INO4. The van der Waals surface area contributed by atoms with Crippen LogP contribution in [0.3, 0.4) is 0 Å². The molecule has 1 heterocycles. The van der Waals surface area contributed by atoms with Gasteiger partial charge in [0.05, 0.1) is 12.2 Å². The van der Waals surface area contributed by atoms with Gasteiger partial charge in [0.1, 0.15) is 0 Å². The first kappa shape index (κ1) is 29.3. The normalized spacial score (nSPS) is 32.8. The summed E-state index contributed by atoms with van der Waals surface area (Å²) in [5.74, 6) is -0.377. The Bertz CT molecular complexity index is 807. The Hall–Kier alpha value is -1.77. The van der Waals surface area contributed by atoms with Crippen molar-refractivity contribution in [1.82, 2.24) is 5.32 Å². The molecule has 0 bridgehead atoms. The number of hydrogen-bond acceptors (Lipinski definition) is 4. The summed E-state index contributed by atoms with van der Waals surface area (Å²) in [4.78, 5) is 24.6. The third-order valence-electron chi connectivity index (χ3n) is 5.11. The topological polar surface area (TPSA) is 86.6 Å². The Labute approximate surface area is 212 Å². The molecule has 182 valence electrons. The molecule has 0 aromatic rings. The molecule has 1 aliphatic heterocycles. The molecule has 6 heteroatoms. The first-order valence-electron chi connectivity index (χ1n) is 11.6. The second-order valence-electron chi connectivity index (χ2n) is 8.41. The maximum absolute atomic E-state index is 12.4. The number of ketones is 1. The molecule has 3 N–H and O–H groups in total. The predicted molar refractivity (Wildman–Crippen MR) is 144 cm³/mol. The lowest BCUT2D eigenvalue weighted by Crippen LogP contribution is -2.35. The smallest absolute Gasteiger partial charge is 0.244 e. The van der Waals surface area contributed by atoms with Crippen molar-refractivity contribution in [3.05, 3.63) is 71.9 Å². The number of aliphatic hydroxyl groups is 2. The number of amides is 1. The molecule has 4 unspecified atom stereocenters. The van der Waals surface area contributed by atoms with Gasteiger partial charge in [0.25, 0.3) is 0 Å². The minimum absolute atomic E-state index is 0.0378. The monoisotopic (exact) mass is 567 g/mol. The van der Waals surface area contributed by atoms with Gasteiger partial charge in [0, 0.05) is 22.5 Å². The van der Waals surface area contributed by atoms with E-state index in [1.165, 1.54) is 18.2 Å². The highest BCUT2D eigenvalue weighted by Crippen LogP contribution is 2.18. The lowest BCUT2D eigenvalue weighted by molar-refractivity contribution is -0.118. The van der Waals surface area contributed by atoms with Crippen molar-refractivity contribution in [2.45, 2.75) is 81.5 Å². The first-order valence-corrected chi connectivity index (χ1v) is 12.8. The molecule has 0 fully saturated rings. The Morgan fingerprint density at radius 3 is 2.52 bits per heavy atom. The van der Waals surface area contributed by atoms with Crippen molar-refractivity contribution in [2.24, 2.45) is 0 Å². The van der Waals surface area contributed by atoms with Crippen LogP contribution in [0.5, 0.6) is 0 Å². The van der Waals surface area contributed by atoms with E-state index in [1.54, 1.807) is 31.2 Å². The average Bonchev–Trinajstić information content (AvgIpc) is 2.76. The molecule has 1 aliphatic rings. The number of unbranched alkanes of at least 4 members (excludes halogenated alkanes) is 1. The van der Waals surface area contributed by atoms with Gasteiger partial charge in [-0.15, -0.1) is 0 Å². The first-order chi connectivity index (χ1) is 15.7. The van der Waals surface area contributed by atoms with Gasteiger partial charge in [-0.1, -0.05) is 95.7 Å². The minimum Gasteiger partial charge on any atom is -0.390 e. The van der Waals surface area contributed by atoms with E-state index in [9.17, 15) is 19.8 Å². The van der Waals surface area contributed by atoms with Crippen molar-refractivity contribution >= 4 is 34.3 Å². The largest absolute Gasteiger partial charge is 0.390 e. The number of alkyl halides is 1. The van der Waals surface area contributed by atoms with E-state index in [1.807, 2.05) is 6.92 Å². The van der Waals surface area contributed by atoms with Crippen LogP contribution < -0.4 is 5.32 Å². The number of halogens is 1. The fourth-order valence-corrected chi connectivity index (χ4v) is 4.07. The van der Waals surface area contributed by atoms with Crippen LogP contribution in [0.15, 0.2) is 71.9 Å². The summed E-state index contributed by atoms with van der Waals surface area (Å²) in [6, 6.07) is 0.0378. The summed E-state index contributed by atoms with van der Waals surface area (Å²) >= 11 is 2.41. The van der Waals surface area contributed by atoms with Crippen molar-refractivity contribution in [1.29, 1.82) is 0 Å². The highest BCUT2D eigenvalue weighted by atomic mass is 127. The second-order valence-corrected chi connectivity index (χ2v) is 10.2. The number of rotatable bonds is 4. The SMILES string of the molecule is CCC/C=C/CC1CC(I)C/C=C(C)/C=C/C(=O)CC(O)C(O)\C=C(C)/C=C/C=C/C(=O)N1. The van der Waals surface area contributed by atoms with Gasteiger partial charge < -0.3 is 15.5 Å². The average molecular weight is 568 g/mol. The third kappa shape index (κ3) is 14.2. The van der Waals surface area contributed by atoms with Gasteiger partial charge >= 0.3 is 0 Å². The van der Waals surface area contributed by atoms with Crippen LogP contribution in [0.1, 0.15) is 59.3 Å². The standard InChI is InChI=1S/C27H38INO4/c1-4-5-6-7-11-23-18-22(28)15-13-20(2)14-16-24(30)19-26(32)25(31)17-21(3)10-8-9-12-27(33)29-23/h6-10,12-14,16-17,22-23,25-26,31-32H,4-5,11,15,18-19H2,1-3H3,(H,29,33)/b7-6+,10-8+,12-9+,16-14+,20-13+,21-17-.